The summed E-state index contributed by atoms with van der Waals surface area (Å²) in [5, 5.41) is 12.1. The van der Waals surface area contributed by atoms with E-state index in [9.17, 15) is 4.79 Å². The highest BCUT2D eigenvalue weighted by Crippen LogP contribution is 2.24. The molecule has 0 spiro atoms. The molecule has 1 aliphatic rings. The predicted octanol–water partition coefficient (Wildman–Crippen LogP) is 2.77. The molecule has 1 aliphatic heterocycles. The Hall–Kier alpha value is -1.75. The van der Waals surface area contributed by atoms with Crippen molar-refractivity contribution in [1.82, 2.24) is 4.90 Å². The largest absolute Gasteiger partial charge is 0.496 e. The van der Waals surface area contributed by atoms with Gasteiger partial charge < -0.3 is 20.1 Å². The van der Waals surface area contributed by atoms with Crippen LogP contribution < -0.4 is 10.1 Å². The number of anilines is 1. The first-order chi connectivity index (χ1) is 10.2. The molecular weight excluding hydrogens is 268 g/mol. The molecule has 1 aromatic rings. The van der Waals surface area contributed by atoms with Gasteiger partial charge in [-0.2, -0.15) is 0 Å². The number of methoxy groups -OCH3 is 1. The van der Waals surface area contributed by atoms with Gasteiger partial charge in [0.25, 0.3) is 0 Å². The molecule has 0 bridgehead atoms. The van der Waals surface area contributed by atoms with Crippen molar-refractivity contribution < 1.29 is 14.6 Å². The lowest BCUT2D eigenvalue weighted by Gasteiger charge is -2.35. The number of urea groups is 1. The minimum absolute atomic E-state index is 0.0854. The van der Waals surface area contributed by atoms with E-state index in [0.29, 0.717) is 6.42 Å². The number of hydrogen-bond acceptors (Lipinski definition) is 3. The molecule has 1 fully saturated rings. The van der Waals surface area contributed by atoms with Gasteiger partial charge in [-0.15, -0.1) is 0 Å². The number of aryl methyl sites for hydroxylation is 1. The average Bonchev–Trinajstić information content (AvgIpc) is 2.48. The van der Waals surface area contributed by atoms with Gasteiger partial charge in [0, 0.05) is 24.9 Å². The third-order valence-electron chi connectivity index (χ3n) is 4.00. The van der Waals surface area contributed by atoms with Gasteiger partial charge in [0.15, 0.2) is 0 Å². The lowest BCUT2D eigenvalue weighted by Crippen LogP contribution is -2.46. The van der Waals surface area contributed by atoms with Crippen LogP contribution in [-0.2, 0) is 0 Å². The smallest absolute Gasteiger partial charge is 0.322 e. The van der Waals surface area contributed by atoms with E-state index in [1.165, 1.54) is 0 Å². The Morgan fingerprint density at radius 1 is 1.48 bits per heavy atom. The number of ether oxygens (including phenoxy) is 1. The second-order valence-electron chi connectivity index (χ2n) is 5.47. The SMILES string of the molecule is COc1ccc(NC(=O)N2CCCC[C@@H]2CCO)cc1C. The fourth-order valence-corrected chi connectivity index (χ4v) is 2.87. The minimum Gasteiger partial charge on any atom is -0.496 e. The van der Waals surface area contributed by atoms with Gasteiger partial charge in [-0.1, -0.05) is 0 Å². The summed E-state index contributed by atoms with van der Waals surface area (Å²) < 4.78 is 5.22. The van der Waals surface area contributed by atoms with E-state index in [2.05, 4.69) is 5.32 Å². The monoisotopic (exact) mass is 292 g/mol. The number of nitrogens with one attached hydrogen (secondary N) is 1. The second-order valence-corrected chi connectivity index (χ2v) is 5.47. The first-order valence-electron chi connectivity index (χ1n) is 7.49. The Morgan fingerprint density at radius 2 is 2.29 bits per heavy atom. The van der Waals surface area contributed by atoms with Crippen molar-refractivity contribution in [3.8, 4) is 5.75 Å². The second kappa shape index (κ2) is 7.31. The van der Waals surface area contributed by atoms with Gasteiger partial charge in [-0.25, -0.2) is 4.79 Å². The van der Waals surface area contributed by atoms with Gasteiger partial charge >= 0.3 is 6.03 Å². The van der Waals surface area contributed by atoms with Gasteiger partial charge in [0.2, 0.25) is 0 Å². The van der Waals surface area contributed by atoms with Crippen LogP contribution in [0.4, 0.5) is 10.5 Å². The Bertz CT molecular complexity index is 488. The van der Waals surface area contributed by atoms with Crippen LogP contribution in [0.25, 0.3) is 0 Å². The van der Waals surface area contributed by atoms with Gasteiger partial charge in [-0.3, -0.25) is 0 Å². The molecule has 5 nitrogen and oxygen atoms in total. The first kappa shape index (κ1) is 15.6. The highest BCUT2D eigenvalue weighted by molar-refractivity contribution is 5.89. The molecule has 1 saturated heterocycles. The maximum Gasteiger partial charge on any atom is 0.322 e. The summed E-state index contributed by atoms with van der Waals surface area (Å²) in [4.78, 5) is 14.3. The summed E-state index contributed by atoms with van der Waals surface area (Å²) in [5.41, 5.74) is 1.76. The van der Waals surface area contributed by atoms with E-state index in [4.69, 9.17) is 9.84 Å². The van der Waals surface area contributed by atoms with Crippen LogP contribution in [0, 0.1) is 6.92 Å². The molecule has 2 rings (SSSR count). The van der Waals surface area contributed by atoms with Crippen molar-refractivity contribution in [3.05, 3.63) is 23.8 Å². The molecule has 5 heteroatoms. The van der Waals surface area contributed by atoms with Crippen molar-refractivity contribution >= 4 is 11.7 Å². The molecule has 0 saturated carbocycles. The normalized spacial score (nSPS) is 18.4. The number of rotatable bonds is 4. The topological polar surface area (TPSA) is 61.8 Å². The first-order valence-corrected chi connectivity index (χ1v) is 7.49. The molecule has 2 N–H and O–H groups in total. The van der Waals surface area contributed by atoms with Gasteiger partial charge in [-0.05, 0) is 56.4 Å². The van der Waals surface area contributed by atoms with E-state index in [-0.39, 0.29) is 18.7 Å². The maximum absolute atomic E-state index is 12.4. The Labute approximate surface area is 125 Å². The summed E-state index contributed by atoms with van der Waals surface area (Å²) >= 11 is 0. The summed E-state index contributed by atoms with van der Waals surface area (Å²) in [5.74, 6) is 0.809. The van der Waals surface area contributed by atoms with Crippen molar-refractivity contribution in [3.63, 3.8) is 0 Å². The third-order valence-corrected chi connectivity index (χ3v) is 4.00. The van der Waals surface area contributed by atoms with Crippen LogP contribution in [-0.4, -0.2) is 42.3 Å². The Morgan fingerprint density at radius 3 is 2.95 bits per heavy atom. The zero-order chi connectivity index (χ0) is 15.2. The Balaban J connectivity index is 2.04. The summed E-state index contributed by atoms with van der Waals surface area (Å²) in [6.07, 6.45) is 3.76. The number of likely N-dealkylation sites (tertiary alicyclic amines) is 1. The number of aliphatic hydroxyl groups excluding tert-OH is 1. The fraction of sp³-hybridized carbons (Fsp3) is 0.562. The molecule has 0 unspecified atom stereocenters. The lowest BCUT2D eigenvalue weighted by atomic mass is 10.0. The molecule has 1 aromatic carbocycles. The highest BCUT2D eigenvalue weighted by atomic mass is 16.5. The molecule has 0 aromatic heterocycles. The fourth-order valence-electron chi connectivity index (χ4n) is 2.87. The summed E-state index contributed by atoms with van der Waals surface area (Å²) in [7, 11) is 1.63. The van der Waals surface area contributed by atoms with Crippen LogP contribution in [0.15, 0.2) is 18.2 Å². The van der Waals surface area contributed by atoms with Crippen molar-refractivity contribution in [1.29, 1.82) is 0 Å². The number of amides is 2. The molecule has 2 amide bonds. The van der Waals surface area contributed by atoms with Gasteiger partial charge in [0.1, 0.15) is 5.75 Å². The van der Waals surface area contributed by atoms with Crippen LogP contribution in [0.5, 0.6) is 5.75 Å². The molecule has 116 valence electrons. The van der Waals surface area contributed by atoms with Crippen molar-refractivity contribution in [2.75, 3.05) is 25.6 Å². The molecular formula is C16H24N2O3. The molecule has 0 aliphatic carbocycles. The van der Waals surface area contributed by atoms with Gasteiger partial charge in [0.05, 0.1) is 7.11 Å². The standard InChI is InChI=1S/C16H24N2O3/c1-12-11-13(6-7-15(12)21-2)17-16(20)18-9-4-3-5-14(18)8-10-19/h6-7,11,14,19H,3-5,8-10H2,1-2H3,(H,17,20)/t14-/m1/s1. The van der Waals surface area contributed by atoms with Crippen LogP contribution in [0.1, 0.15) is 31.2 Å². The Kier molecular flexibility index (Phi) is 5.44. The van der Waals surface area contributed by atoms with Crippen molar-refractivity contribution in [2.45, 2.75) is 38.6 Å². The number of aliphatic hydroxyl groups is 1. The molecule has 21 heavy (non-hydrogen) atoms. The maximum atomic E-state index is 12.4. The van der Waals surface area contributed by atoms with Crippen LogP contribution in [0.3, 0.4) is 0 Å². The number of carbonyl (C=O) groups is 1. The number of carbonyl (C=O) groups excluding carboxylic acids is 1. The number of benzene rings is 1. The predicted molar refractivity (Wildman–Crippen MR) is 82.8 cm³/mol. The quantitative estimate of drug-likeness (QED) is 0.897. The molecule has 1 heterocycles. The number of piperidine rings is 1. The molecule has 1 atom stereocenters. The van der Waals surface area contributed by atoms with E-state index in [0.717, 1.165) is 42.8 Å². The van der Waals surface area contributed by atoms with Crippen LogP contribution in [0.2, 0.25) is 0 Å². The highest BCUT2D eigenvalue weighted by Gasteiger charge is 2.26. The summed E-state index contributed by atoms with van der Waals surface area (Å²) in [6, 6.07) is 5.66. The van der Waals surface area contributed by atoms with E-state index < -0.39 is 0 Å². The van der Waals surface area contributed by atoms with E-state index in [1.807, 2.05) is 30.0 Å². The zero-order valence-electron chi connectivity index (χ0n) is 12.8. The molecule has 0 radical (unpaired) electrons. The van der Waals surface area contributed by atoms with E-state index >= 15 is 0 Å². The number of nitrogens with zero attached hydrogens (tertiary/aromatic N) is 1. The third kappa shape index (κ3) is 3.88. The zero-order valence-corrected chi connectivity index (χ0v) is 12.8. The van der Waals surface area contributed by atoms with E-state index in [1.54, 1.807) is 7.11 Å². The lowest BCUT2D eigenvalue weighted by molar-refractivity contribution is 0.141. The number of hydrogen-bond donors (Lipinski definition) is 2. The van der Waals surface area contributed by atoms with Crippen molar-refractivity contribution in [2.24, 2.45) is 0 Å². The summed E-state index contributed by atoms with van der Waals surface area (Å²) in [6.45, 7) is 2.83. The minimum atomic E-state index is -0.0854. The average molecular weight is 292 g/mol. The van der Waals surface area contributed by atoms with Crippen LogP contribution >= 0.6 is 0 Å².